The van der Waals surface area contributed by atoms with E-state index in [0.29, 0.717) is 10.9 Å². The summed E-state index contributed by atoms with van der Waals surface area (Å²) < 4.78 is 0. The number of carbonyl (C=O) groups excluding carboxylic acids is 2. The quantitative estimate of drug-likeness (QED) is 0.695. The second-order valence-corrected chi connectivity index (χ2v) is 6.76. The molecule has 17 heavy (non-hydrogen) atoms. The van der Waals surface area contributed by atoms with E-state index in [1.807, 2.05) is 11.8 Å². The molecule has 0 aromatic carbocycles. The van der Waals surface area contributed by atoms with Crippen LogP contribution in [-0.4, -0.2) is 28.7 Å². The van der Waals surface area contributed by atoms with Crippen LogP contribution >= 0.6 is 23.5 Å². The van der Waals surface area contributed by atoms with Gasteiger partial charge in [0.1, 0.15) is 5.78 Å². The first kappa shape index (κ1) is 15.1. The van der Waals surface area contributed by atoms with Crippen molar-refractivity contribution >= 4 is 34.4 Å². The third kappa shape index (κ3) is 5.47. The second kappa shape index (κ2) is 8.20. The van der Waals surface area contributed by atoms with Crippen LogP contribution in [0.15, 0.2) is 0 Å². The van der Waals surface area contributed by atoms with Crippen molar-refractivity contribution in [2.45, 2.75) is 39.0 Å². The monoisotopic (exact) mass is 274 g/mol. The molecule has 0 N–H and O–H groups in total. The molecule has 0 atom stereocenters. The third-order valence-electron chi connectivity index (χ3n) is 3.37. The van der Waals surface area contributed by atoms with Gasteiger partial charge in [-0.3, -0.25) is 9.59 Å². The average Bonchev–Trinajstić information content (AvgIpc) is 2.34. The smallest absolute Gasteiger partial charge is 0.192 e. The molecule has 0 aromatic heterocycles. The topological polar surface area (TPSA) is 34.1 Å². The van der Waals surface area contributed by atoms with Crippen molar-refractivity contribution in [3.8, 4) is 0 Å². The van der Waals surface area contributed by atoms with Gasteiger partial charge in [-0.15, -0.1) is 0 Å². The van der Waals surface area contributed by atoms with Gasteiger partial charge in [0.2, 0.25) is 0 Å². The highest BCUT2D eigenvalue weighted by Gasteiger charge is 2.28. The van der Waals surface area contributed by atoms with Crippen LogP contribution in [0.25, 0.3) is 0 Å². The number of carbonyl (C=O) groups is 2. The Morgan fingerprint density at radius 3 is 2.18 bits per heavy atom. The maximum absolute atomic E-state index is 11.9. The van der Waals surface area contributed by atoms with E-state index in [-0.39, 0.29) is 11.8 Å². The normalized spacial score (nSPS) is 24.6. The van der Waals surface area contributed by atoms with Crippen LogP contribution in [0.4, 0.5) is 0 Å². The summed E-state index contributed by atoms with van der Waals surface area (Å²) in [5.41, 5.74) is 0. The third-order valence-corrected chi connectivity index (χ3v) is 5.18. The zero-order chi connectivity index (χ0) is 12.7. The summed E-state index contributed by atoms with van der Waals surface area (Å²) in [7, 11) is 0. The van der Waals surface area contributed by atoms with Crippen molar-refractivity contribution in [1.29, 1.82) is 0 Å². The minimum absolute atomic E-state index is 0.213. The van der Waals surface area contributed by atoms with E-state index < -0.39 is 0 Å². The molecule has 0 saturated heterocycles. The van der Waals surface area contributed by atoms with Gasteiger partial charge in [0.05, 0.1) is 0 Å². The molecule has 1 aliphatic carbocycles. The Morgan fingerprint density at radius 1 is 1.06 bits per heavy atom. The summed E-state index contributed by atoms with van der Waals surface area (Å²) in [6.45, 7) is 1.67. The first-order valence-electron chi connectivity index (χ1n) is 6.31. The van der Waals surface area contributed by atoms with Crippen LogP contribution in [0.3, 0.4) is 0 Å². The van der Waals surface area contributed by atoms with Gasteiger partial charge in [-0.2, -0.15) is 11.8 Å². The van der Waals surface area contributed by atoms with Gasteiger partial charge in [0.15, 0.2) is 5.12 Å². The average molecular weight is 274 g/mol. The Morgan fingerprint density at radius 2 is 1.65 bits per heavy atom. The van der Waals surface area contributed by atoms with Crippen molar-refractivity contribution in [1.82, 2.24) is 0 Å². The van der Waals surface area contributed by atoms with Crippen molar-refractivity contribution in [2.24, 2.45) is 11.8 Å². The van der Waals surface area contributed by atoms with E-state index in [2.05, 4.69) is 6.26 Å². The molecule has 0 heterocycles. The van der Waals surface area contributed by atoms with Crippen molar-refractivity contribution in [3.05, 3.63) is 0 Å². The molecule has 1 aliphatic rings. The molecule has 0 aliphatic heterocycles. The molecule has 4 heteroatoms. The number of Topliss-reactive ketones (excluding diaryl/α,β-unsaturated/α-hetero) is 1. The van der Waals surface area contributed by atoms with Crippen molar-refractivity contribution in [3.63, 3.8) is 0 Å². The standard InChI is InChI=1S/C13H22O2S2/c1-10(14)11-4-6-12(7-5-11)13(15)17-9-3-8-16-2/h11-12H,3-9H2,1-2H3. The predicted octanol–water partition coefficient (Wildman–Crippen LogP) is 3.39. The Kier molecular flexibility index (Phi) is 7.28. The van der Waals surface area contributed by atoms with E-state index in [4.69, 9.17) is 0 Å². The van der Waals surface area contributed by atoms with Crippen LogP contribution in [0.5, 0.6) is 0 Å². The van der Waals surface area contributed by atoms with Gasteiger partial charge in [-0.05, 0) is 51.0 Å². The minimum Gasteiger partial charge on any atom is -0.300 e. The number of ketones is 1. The fourth-order valence-corrected chi connectivity index (χ4v) is 3.81. The number of hydrogen-bond acceptors (Lipinski definition) is 4. The summed E-state index contributed by atoms with van der Waals surface area (Å²) in [5.74, 6) is 2.82. The maximum Gasteiger partial charge on any atom is 0.192 e. The lowest BCUT2D eigenvalue weighted by atomic mass is 9.81. The summed E-state index contributed by atoms with van der Waals surface area (Å²) in [5, 5.41) is 0.355. The first-order chi connectivity index (χ1) is 8.15. The van der Waals surface area contributed by atoms with Crippen molar-refractivity contribution in [2.75, 3.05) is 17.8 Å². The van der Waals surface area contributed by atoms with Gasteiger partial charge in [-0.1, -0.05) is 11.8 Å². The van der Waals surface area contributed by atoms with E-state index >= 15 is 0 Å². The Hall–Kier alpha value is 0.0400. The maximum atomic E-state index is 11.9. The molecule has 0 aromatic rings. The molecule has 0 spiro atoms. The van der Waals surface area contributed by atoms with Crippen LogP contribution in [0, 0.1) is 11.8 Å². The van der Waals surface area contributed by atoms with E-state index in [1.54, 1.807) is 6.92 Å². The van der Waals surface area contributed by atoms with Crippen LogP contribution < -0.4 is 0 Å². The van der Waals surface area contributed by atoms with Gasteiger partial charge in [0, 0.05) is 17.6 Å². The fraction of sp³-hybridized carbons (Fsp3) is 0.846. The minimum atomic E-state index is 0.213. The van der Waals surface area contributed by atoms with Gasteiger partial charge in [-0.25, -0.2) is 0 Å². The molecule has 0 bridgehead atoms. The van der Waals surface area contributed by atoms with Crippen LogP contribution in [0.1, 0.15) is 39.0 Å². The van der Waals surface area contributed by atoms with Gasteiger partial charge >= 0.3 is 0 Å². The zero-order valence-electron chi connectivity index (χ0n) is 10.7. The summed E-state index contributed by atoms with van der Waals surface area (Å²) in [6.07, 6.45) is 6.86. The molecular formula is C13H22O2S2. The lowest BCUT2D eigenvalue weighted by Gasteiger charge is -2.25. The molecular weight excluding hydrogens is 252 g/mol. The van der Waals surface area contributed by atoms with Crippen molar-refractivity contribution < 1.29 is 9.59 Å². The highest BCUT2D eigenvalue weighted by atomic mass is 32.2. The molecule has 98 valence electrons. The van der Waals surface area contributed by atoms with Gasteiger partial charge in [0.25, 0.3) is 0 Å². The molecule has 2 nitrogen and oxygen atoms in total. The second-order valence-electron chi connectivity index (χ2n) is 4.67. The first-order valence-corrected chi connectivity index (χ1v) is 8.69. The van der Waals surface area contributed by atoms with Crippen LogP contribution in [0.2, 0.25) is 0 Å². The van der Waals surface area contributed by atoms with E-state index in [0.717, 1.165) is 43.6 Å². The molecule has 0 unspecified atom stereocenters. The summed E-state index contributed by atoms with van der Waals surface area (Å²) in [6, 6.07) is 0. The number of hydrogen-bond donors (Lipinski definition) is 0. The van der Waals surface area contributed by atoms with E-state index in [9.17, 15) is 9.59 Å². The molecule has 1 fully saturated rings. The zero-order valence-corrected chi connectivity index (χ0v) is 12.4. The highest BCUT2D eigenvalue weighted by molar-refractivity contribution is 8.13. The Balaban J connectivity index is 2.19. The number of thioether (sulfide) groups is 2. The largest absolute Gasteiger partial charge is 0.300 e. The number of rotatable bonds is 6. The molecule has 0 radical (unpaired) electrons. The van der Waals surface area contributed by atoms with E-state index in [1.165, 1.54) is 11.8 Å². The van der Waals surface area contributed by atoms with Gasteiger partial charge < -0.3 is 0 Å². The Labute approximate surface area is 113 Å². The fourth-order valence-electron chi connectivity index (χ4n) is 2.23. The molecule has 0 amide bonds. The summed E-state index contributed by atoms with van der Waals surface area (Å²) >= 11 is 3.33. The summed E-state index contributed by atoms with van der Waals surface area (Å²) in [4.78, 5) is 23.1. The molecule has 1 saturated carbocycles. The molecule has 1 rings (SSSR count). The SMILES string of the molecule is CSCCCSC(=O)C1CCC(C(C)=O)CC1. The Bertz CT molecular complexity index is 258. The lowest BCUT2D eigenvalue weighted by molar-refractivity contribution is -0.123. The van der Waals surface area contributed by atoms with Crippen LogP contribution in [-0.2, 0) is 9.59 Å². The highest BCUT2D eigenvalue weighted by Crippen LogP contribution is 2.32. The lowest BCUT2D eigenvalue weighted by Crippen LogP contribution is -2.23. The predicted molar refractivity (Wildman–Crippen MR) is 76.6 cm³/mol.